The highest BCUT2D eigenvalue weighted by molar-refractivity contribution is 7.14. The smallest absolute Gasteiger partial charge is 0.263 e. The number of fused-ring (bicyclic) bond motifs is 1. The van der Waals surface area contributed by atoms with E-state index in [1.165, 1.54) is 16.1 Å². The minimum Gasteiger partial charge on any atom is -0.368 e. The van der Waals surface area contributed by atoms with E-state index in [9.17, 15) is 9.59 Å². The molecule has 1 aromatic carbocycles. The van der Waals surface area contributed by atoms with E-state index in [1.807, 2.05) is 17.0 Å². The minimum absolute atomic E-state index is 0.0488. The SMILES string of the molecule is CN(C)C(=O)c1cc2c(s1)CCC(C(=O)N1CCN(c3ccccc3)CC1)C2. The molecule has 2 amide bonds. The lowest BCUT2D eigenvalue weighted by molar-refractivity contribution is -0.136. The van der Waals surface area contributed by atoms with Gasteiger partial charge in [-0.3, -0.25) is 9.59 Å². The monoisotopic (exact) mass is 397 g/mol. The van der Waals surface area contributed by atoms with E-state index in [-0.39, 0.29) is 17.7 Å². The first-order valence-corrected chi connectivity index (χ1v) is 10.8. The van der Waals surface area contributed by atoms with E-state index < -0.39 is 0 Å². The number of rotatable bonds is 3. The van der Waals surface area contributed by atoms with Crippen LogP contribution in [0.15, 0.2) is 36.4 Å². The number of hydrogen-bond acceptors (Lipinski definition) is 4. The van der Waals surface area contributed by atoms with Crippen molar-refractivity contribution >= 4 is 28.8 Å². The lowest BCUT2D eigenvalue weighted by Crippen LogP contribution is -2.51. The molecule has 1 saturated heterocycles. The normalized spacial score (nSPS) is 19.3. The molecule has 2 aliphatic rings. The average Bonchev–Trinajstić information content (AvgIpc) is 3.16. The Bertz CT molecular complexity index is 854. The van der Waals surface area contributed by atoms with Crippen LogP contribution in [-0.4, -0.2) is 61.9 Å². The number of aryl methyl sites for hydroxylation is 1. The molecule has 0 saturated carbocycles. The molecule has 1 fully saturated rings. The Balaban J connectivity index is 1.37. The maximum Gasteiger partial charge on any atom is 0.263 e. The van der Waals surface area contributed by atoms with Crippen molar-refractivity contribution < 1.29 is 9.59 Å². The van der Waals surface area contributed by atoms with E-state index in [4.69, 9.17) is 0 Å². The van der Waals surface area contributed by atoms with Crippen molar-refractivity contribution in [1.82, 2.24) is 9.80 Å². The van der Waals surface area contributed by atoms with E-state index in [0.717, 1.165) is 50.3 Å². The number of carbonyl (C=O) groups excluding carboxylic acids is 2. The maximum absolute atomic E-state index is 13.1. The van der Waals surface area contributed by atoms with Gasteiger partial charge in [-0.25, -0.2) is 0 Å². The van der Waals surface area contributed by atoms with Crippen LogP contribution in [0, 0.1) is 5.92 Å². The fraction of sp³-hybridized carbons (Fsp3) is 0.455. The van der Waals surface area contributed by atoms with Gasteiger partial charge in [0.05, 0.1) is 4.88 Å². The lowest BCUT2D eigenvalue weighted by atomic mass is 9.87. The molecule has 2 aromatic rings. The van der Waals surface area contributed by atoms with Crippen LogP contribution >= 0.6 is 11.3 Å². The number of thiophene rings is 1. The number of piperazine rings is 1. The molecule has 1 aliphatic heterocycles. The Kier molecular flexibility index (Phi) is 5.40. The summed E-state index contributed by atoms with van der Waals surface area (Å²) in [6, 6.07) is 12.4. The molecule has 0 bridgehead atoms. The molecule has 2 heterocycles. The summed E-state index contributed by atoms with van der Waals surface area (Å²) in [5.74, 6) is 0.386. The predicted octanol–water partition coefficient (Wildman–Crippen LogP) is 2.90. The van der Waals surface area contributed by atoms with E-state index >= 15 is 0 Å². The minimum atomic E-state index is 0.0488. The molecule has 1 atom stereocenters. The third kappa shape index (κ3) is 3.78. The van der Waals surface area contributed by atoms with Gasteiger partial charge in [0.25, 0.3) is 5.91 Å². The Hall–Kier alpha value is -2.34. The average molecular weight is 398 g/mol. The molecule has 1 aliphatic carbocycles. The fourth-order valence-electron chi connectivity index (χ4n) is 4.14. The van der Waals surface area contributed by atoms with Crippen LogP contribution in [0.1, 0.15) is 26.5 Å². The van der Waals surface area contributed by atoms with Crippen LogP contribution in [0.5, 0.6) is 0 Å². The third-order valence-corrected chi connectivity index (χ3v) is 6.99. The second-order valence-corrected chi connectivity index (χ2v) is 8.98. The Labute approximate surface area is 170 Å². The summed E-state index contributed by atoms with van der Waals surface area (Å²) >= 11 is 1.60. The summed E-state index contributed by atoms with van der Waals surface area (Å²) in [7, 11) is 3.56. The summed E-state index contributed by atoms with van der Waals surface area (Å²) in [5, 5.41) is 0. The van der Waals surface area contributed by atoms with Gasteiger partial charge in [-0.1, -0.05) is 18.2 Å². The van der Waals surface area contributed by atoms with E-state index in [0.29, 0.717) is 0 Å². The molecule has 5 nitrogen and oxygen atoms in total. The van der Waals surface area contributed by atoms with Gasteiger partial charge in [0, 0.05) is 56.8 Å². The van der Waals surface area contributed by atoms with Gasteiger partial charge in [0.15, 0.2) is 0 Å². The highest BCUT2D eigenvalue weighted by atomic mass is 32.1. The molecule has 148 valence electrons. The molecule has 1 unspecified atom stereocenters. The van der Waals surface area contributed by atoms with Gasteiger partial charge in [-0.2, -0.15) is 0 Å². The van der Waals surface area contributed by atoms with Crippen LogP contribution in [0.4, 0.5) is 5.69 Å². The van der Waals surface area contributed by atoms with Crippen molar-refractivity contribution in [3.05, 3.63) is 51.7 Å². The van der Waals surface area contributed by atoms with Crippen molar-refractivity contribution in [2.24, 2.45) is 5.92 Å². The van der Waals surface area contributed by atoms with Gasteiger partial charge in [0.1, 0.15) is 0 Å². The molecule has 0 spiro atoms. The van der Waals surface area contributed by atoms with E-state index in [2.05, 4.69) is 29.2 Å². The molecule has 6 heteroatoms. The second-order valence-electron chi connectivity index (χ2n) is 7.85. The van der Waals surface area contributed by atoms with Crippen molar-refractivity contribution in [2.45, 2.75) is 19.3 Å². The second kappa shape index (κ2) is 7.95. The molecule has 0 radical (unpaired) electrons. The van der Waals surface area contributed by atoms with Gasteiger partial charge in [-0.15, -0.1) is 11.3 Å². The van der Waals surface area contributed by atoms with Gasteiger partial charge in [-0.05, 0) is 43.0 Å². The topological polar surface area (TPSA) is 43.9 Å². The molecular weight excluding hydrogens is 370 g/mol. The van der Waals surface area contributed by atoms with Gasteiger partial charge in [0.2, 0.25) is 5.91 Å². The zero-order valence-electron chi connectivity index (χ0n) is 16.6. The van der Waals surface area contributed by atoms with Crippen LogP contribution in [0.25, 0.3) is 0 Å². The standard InChI is InChI=1S/C22H27N3O2S/c1-23(2)22(27)20-15-17-14-16(8-9-19(17)28-20)21(26)25-12-10-24(11-13-25)18-6-4-3-5-7-18/h3-7,15-16H,8-14H2,1-2H3. The van der Waals surface area contributed by atoms with Crippen LogP contribution < -0.4 is 4.90 Å². The summed E-state index contributed by atoms with van der Waals surface area (Å²) in [6.07, 6.45) is 2.56. The first-order chi connectivity index (χ1) is 13.5. The molecule has 28 heavy (non-hydrogen) atoms. The number of carbonyl (C=O) groups is 2. The van der Waals surface area contributed by atoms with Gasteiger partial charge >= 0.3 is 0 Å². The maximum atomic E-state index is 13.1. The Morgan fingerprint density at radius 2 is 1.79 bits per heavy atom. The number of anilines is 1. The highest BCUT2D eigenvalue weighted by Crippen LogP contribution is 2.34. The number of benzene rings is 1. The zero-order valence-corrected chi connectivity index (χ0v) is 17.4. The van der Waals surface area contributed by atoms with Crippen LogP contribution in [0.3, 0.4) is 0 Å². The summed E-state index contributed by atoms with van der Waals surface area (Å²) in [6.45, 7) is 3.33. The van der Waals surface area contributed by atoms with Gasteiger partial charge < -0.3 is 14.7 Å². The van der Waals surface area contributed by atoms with Crippen molar-refractivity contribution in [1.29, 1.82) is 0 Å². The summed E-state index contributed by atoms with van der Waals surface area (Å²) in [5.41, 5.74) is 2.43. The largest absolute Gasteiger partial charge is 0.368 e. The quantitative estimate of drug-likeness (QED) is 0.800. The van der Waals surface area contributed by atoms with Crippen LogP contribution in [-0.2, 0) is 17.6 Å². The van der Waals surface area contributed by atoms with Crippen LogP contribution in [0.2, 0.25) is 0 Å². The Morgan fingerprint density at radius 3 is 2.46 bits per heavy atom. The first kappa shape index (κ1) is 19.0. The van der Waals surface area contributed by atoms with E-state index in [1.54, 1.807) is 30.3 Å². The number of nitrogens with zero attached hydrogens (tertiary/aromatic N) is 3. The third-order valence-electron chi connectivity index (χ3n) is 5.76. The number of hydrogen-bond donors (Lipinski definition) is 0. The molecule has 0 N–H and O–H groups in total. The number of amides is 2. The van der Waals surface area contributed by atoms with Crippen molar-refractivity contribution in [3.63, 3.8) is 0 Å². The number of para-hydroxylation sites is 1. The van der Waals surface area contributed by atoms with Crippen molar-refractivity contribution in [3.8, 4) is 0 Å². The summed E-state index contributed by atoms with van der Waals surface area (Å²) < 4.78 is 0. The predicted molar refractivity (Wildman–Crippen MR) is 113 cm³/mol. The molecule has 4 rings (SSSR count). The first-order valence-electron chi connectivity index (χ1n) is 9.95. The van der Waals surface area contributed by atoms with Crippen molar-refractivity contribution in [2.75, 3.05) is 45.2 Å². The molecule has 1 aromatic heterocycles. The summed E-state index contributed by atoms with van der Waals surface area (Å²) in [4.78, 5) is 33.4. The highest BCUT2D eigenvalue weighted by Gasteiger charge is 2.32. The lowest BCUT2D eigenvalue weighted by Gasteiger charge is -2.38. The fourth-order valence-corrected chi connectivity index (χ4v) is 5.37. The Morgan fingerprint density at radius 1 is 1.07 bits per heavy atom. The zero-order chi connectivity index (χ0) is 19.7. The molecular formula is C22H27N3O2S.